The lowest BCUT2D eigenvalue weighted by Gasteiger charge is -2.24. The van der Waals surface area contributed by atoms with Crippen molar-refractivity contribution in [2.75, 3.05) is 20.2 Å². The van der Waals surface area contributed by atoms with Crippen molar-refractivity contribution in [1.29, 1.82) is 0 Å². The van der Waals surface area contributed by atoms with Crippen LogP contribution in [0.3, 0.4) is 0 Å². The van der Waals surface area contributed by atoms with Gasteiger partial charge in [0.2, 0.25) is 0 Å². The second-order valence-electron chi connectivity index (χ2n) is 6.79. The monoisotopic (exact) mass is 344 g/mol. The molecular formula is C19H24N2O4. The van der Waals surface area contributed by atoms with Crippen LogP contribution in [-0.2, 0) is 4.74 Å². The first-order valence-corrected chi connectivity index (χ1v) is 8.83. The quantitative estimate of drug-likeness (QED) is 0.769. The number of nitrogens with zero attached hydrogens (tertiary/aromatic N) is 2. The fraction of sp³-hybridized carbons (Fsp3) is 0.526. The Bertz CT molecular complexity index is 709. The molecule has 0 aromatic heterocycles. The number of carbonyl (C=O) groups is 3. The minimum absolute atomic E-state index is 0.0835. The highest BCUT2D eigenvalue weighted by molar-refractivity contribution is 6.22. The Morgan fingerprint density at radius 2 is 2.04 bits per heavy atom. The van der Waals surface area contributed by atoms with E-state index in [1.165, 1.54) is 4.90 Å². The molecule has 6 heteroatoms. The Balaban J connectivity index is 1.82. The second kappa shape index (κ2) is 6.96. The molecule has 2 aliphatic heterocycles. The first kappa shape index (κ1) is 17.6. The van der Waals surface area contributed by atoms with Crippen molar-refractivity contribution >= 4 is 17.7 Å². The van der Waals surface area contributed by atoms with Crippen LogP contribution in [-0.4, -0.2) is 59.9 Å². The van der Waals surface area contributed by atoms with Crippen LogP contribution in [0.25, 0.3) is 0 Å². The van der Waals surface area contributed by atoms with E-state index < -0.39 is 0 Å². The topological polar surface area (TPSA) is 66.9 Å². The van der Waals surface area contributed by atoms with Crippen LogP contribution in [0.15, 0.2) is 18.2 Å². The maximum atomic E-state index is 12.7. The Morgan fingerprint density at radius 3 is 2.68 bits per heavy atom. The van der Waals surface area contributed by atoms with E-state index >= 15 is 0 Å². The highest BCUT2D eigenvalue weighted by Gasteiger charge is 2.38. The van der Waals surface area contributed by atoms with Gasteiger partial charge in [0.15, 0.2) is 0 Å². The van der Waals surface area contributed by atoms with Crippen LogP contribution in [0.1, 0.15) is 64.2 Å². The summed E-state index contributed by atoms with van der Waals surface area (Å²) in [6, 6.07) is 4.87. The number of imide groups is 1. The molecular weight excluding hydrogens is 320 g/mol. The van der Waals surface area contributed by atoms with Gasteiger partial charge in [0, 0.05) is 25.3 Å². The molecule has 2 unspecified atom stereocenters. The summed E-state index contributed by atoms with van der Waals surface area (Å²) in [6.45, 7) is 4.95. The molecule has 0 N–H and O–H groups in total. The van der Waals surface area contributed by atoms with E-state index in [0.29, 0.717) is 23.3 Å². The van der Waals surface area contributed by atoms with E-state index in [9.17, 15) is 14.4 Å². The molecule has 6 nitrogen and oxygen atoms in total. The van der Waals surface area contributed by atoms with E-state index in [-0.39, 0.29) is 36.4 Å². The maximum absolute atomic E-state index is 12.7. The minimum Gasteiger partial charge on any atom is -0.376 e. The van der Waals surface area contributed by atoms with E-state index in [2.05, 4.69) is 0 Å². The van der Waals surface area contributed by atoms with Crippen molar-refractivity contribution in [1.82, 2.24) is 9.80 Å². The number of carbonyl (C=O) groups excluding carboxylic acids is 3. The van der Waals surface area contributed by atoms with Crippen LogP contribution in [0, 0.1) is 0 Å². The fourth-order valence-corrected chi connectivity index (χ4v) is 3.26. The number of hydrogen-bond acceptors (Lipinski definition) is 4. The summed E-state index contributed by atoms with van der Waals surface area (Å²) in [5.41, 5.74) is 1.11. The molecule has 0 radical (unpaired) electrons. The summed E-state index contributed by atoms with van der Waals surface area (Å²) >= 11 is 0. The summed E-state index contributed by atoms with van der Waals surface area (Å²) < 4.78 is 5.54. The molecule has 0 spiro atoms. The largest absolute Gasteiger partial charge is 0.376 e. The van der Waals surface area contributed by atoms with E-state index in [1.807, 2.05) is 13.8 Å². The summed E-state index contributed by atoms with van der Waals surface area (Å²) in [4.78, 5) is 40.7. The van der Waals surface area contributed by atoms with E-state index in [0.717, 1.165) is 19.3 Å². The van der Waals surface area contributed by atoms with Crippen molar-refractivity contribution in [2.24, 2.45) is 0 Å². The second-order valence-corrected chi connectivity index (χ2v) is 6.79. The molecule has 1 fully saturated rings. The predicted octanol–water partition coefficient (Wildman–Crippen LogP) is 2.33. The van der Waals surface area contributed by atoms with Crippen molar-refractivity contribution in [3.8, 4) is 0 Å². The van der Waals surface area contributed by atoms with Crippen LogP contribution in [0.2, 0.25) is 0 Å². The van der Waals surface area contributed by atoms with Gasteiger partial charge >= 0.3 is 0 Å². The van der Waals surface area contributed by atoms with Gasteiger partial charge in [-0.2, -0.15) is 0 Å². The van der Waals surface area contributed by atoms with E-state index in [4.69, 9.17) is 4.74 Å². The molecule has 3 rings (SSSR count). The van der Waals surface area contributed by atoms with Gasteiger partial charge in [-0.05, 0) is 44.4 Å². The summed E-state index contributed by atoms with van der Waals surface area (Å²) in [5, 5.41) is 0. The molecule has 0 aliphatic carbocycles. The predicted molar refractivity (Wildman–Crippen MR) is 92.6 cm³/mol. The molecule has 134 valence electrons. The number of rotatable bonds is 5. The number of ether oxygens (including phenoxy) is 1. The molecule has 1 aromatic rings. The highest BCUT2D eigenvalue weighted by Crippen LogP contribution is 2.26. The zero-order valence-corrected chi connectivity index (χ0v) is 14.9. The van der Waals surface area contributed by atoms with Crippen LogP contribution in [0.5, 0.6) is 0 Å². The normalized spacial score (nSPS) is 20.8. The van der Waals surface area contributed by atoms with Gasteiger partial charge in [-0.25, -0.2) is 0 Å². The van der Waals surface area contributed by atoms with Gasteiger partial charge in [-0.15, -0.1) is 0 Å². The van der Waals surface area contributed by atoms with Gasteiger partial charge in [-0.1, -0.05) is 6.92 Å². The summed E-state index contributed by atoms with van der Waals surface area (Å²) in [5.74, 6) is -0.781. The van der Waals surface area contributed by atoms with E-state index in [1.54, 1.807) is 30.1 Å². The first-order valence-electron chi connectivity index (χ1n) is 8.83. The SMILES string of the molecule is CCC(C)N(C)C(=O)c1ccc2c(c1)C(=O)N(CC1CCCO1)C2=O. The number of hydrogen-bond donors (Lipinski definition) is 0. The maximum Gasteiger partial charge on any atom is 0.261 e. The van der Waals surface area contributed by atoms with Crippen molar-refractivity contribution in [3.63, 3.8) is 0 Å². The van der Waals surface area contributed by atoms with Crippen LogP contribution in [0.4, 0.5) is 0 Å². The lowest BCUT2D eigenvalue weighted by molar-refractivity contribution is 0.0475. The standard InChI is InChI=1S/C19H24N2O4/c1-4-12(2)20(3)17(22)13-7-8-15-16(10-13)19(24)21(18(15)23)11-14-6-5-9-25-14/h7-8,10,12,14H,4-6,9,11H2,1-3H3. The van der Waals surface area contributed by atoms with Gasteiger partial charge in [0.05, 0.1) is 23.8 Å². The third kappa shape index (κ3) is 3.18. The molecule has 2 atom stereocenters. The lowest BCUT2D eigenvalue weighted by atomic mass is 10.0. The zero-order valence-electron chi connectivity index (χ0n) is 14.9. The Morgan fingerprint density at radius 1 is 1.32 bits per heavy atom. The molecule has 1 saturated heterocycles. The summed E-state index contributed by atoms with van der Waals surface area (Å²) in [6.07, 6.45) is 2.57. The Hall–Kier alpha value is -2.21. The molecule has 2 aliphatic rings. The van der Waals surface area contributed by atoms with Gasteiger partial charge in [0.1, 0.15) is 0 Å². The van der Waals surface area contributed by atoms with Gasteiger partial charge in [0.25, 0.3) is 17.7 Å². The zero-order chi connectivity index (χ0) is 18.1. The smallest absolute Gasteiger partial charge is 0.261 e. The summed E-state index contributed by atoms with van der Waals surface area (Å²) in [7, 11) is 1.75. The average molecular weight is 344 g/mol. The Labute approximate surface area is 147 Å². The molecule has 0 bridgehead atoms. The van der Waals surface area contributed by atoms with Crippen molar-refractivity contribution < 1.29 is 19.1 Å². The lowest BCUT2D eigenvalue weighted by Crippen LogP contribution is -2.36. The average Bonchev–Trinajstić information content (AvgIpc) is 3.22. The molecule has 25 heavy (non-hydrogen) atoms. The number of amides is 3. The Kier molecular flexibility index (Phi) is 4.90. The third-order valence-corrected chi connectivity index (χ3v) is 5.20. The molecule has 3 amide bonds. The molecule has 0 saturated carbocycles. The third-order valence-electron chi connectivity index (χ3n) is 5.20. The minimum atomic E-state index is -0.337. The van der Waals surface area contributed by atoms with Gasteiger partial charge in [-0.3, -0.25) is 19.3 Å². The molecule has 1 aromatic carbocycles. The first-order chi connectivity index (χ1) is 11.9. The number of benzene rings is 1. The number of fused-ring (bicyclic) bond motifs is 1. The van der Waals surface area contributed by atoms with Crippen LogP contribution >= 0.6 is 0 Å². The van der Waals surface area contributed by atoms with Crippen molar-refractivity contribution in [3.05, 3.63) is 34.9 Å². The van der Waals surface area contributed by atoms with Gasteiger partial charge < -0.3 is 9.64 Å². The fourth-order valence-electron chi connectivity index (χ4n) is 3.26. The van der Waals surface area contributed by atoms with Crippen LogP contribution < -0.4 is 0 Å². The molecule has 2 heterocycles. The van der Waals surface area contributed by atoms with Crippen molar-refractivity contribution in [2.45, 2.75) is 45.3 Å². The highest BCUT2D eigenvalue weighted by atomic mass is 16.5.